The molecule has 0 aromatic carbocycles. The molecule has 2 rings (SSSR count). The Labute approximate surface area is 332 Å². The molecule has 4 unspecified atom stereocenters. The van der Waals surface area contributed by atoms with Crippen molar-refractivity contribution in [3.8, 4) is 0 Å². The molecule has 0 aliphatic carbocycles. The number of hydrogen-bond donors (Lipinski definition) is 2. The van der Waals surface area contributed by atoms with Gasteiger partial charge < -0.3 is 49.6 Å². The Morgan fingerprint density at radius 3 is 1.35 bits per heavy atom. The second-order valence-electron chi connectivity index (χ2n) is 10.3. The van der Waals surface area contributed by atoms with Crippen LogP contribution >= 0.6 is 0 Å². The molecule has 0 radical (unpaired) electrons. The van der Waals surface area contributed by atoms with Crippen LogP contribution in [0.2, 0.25) is 0 Å². The Hall–Kier alpha value is -2.20. The van der Waals surface area contributed by atoms with Crippen LogP contribution in [0, 0.1) is 11.8 Å². The van der Waals surface area contributed by atoms with Gasteiger partial charge in [-0.1, -0.05) is 13.8 Å². The third-order valence-corrected chi connectivity index (χ3v) is 6.62. The van der Waals surface area contributed by atoms with Crippen molar-refractivity contribution >= 4 is 98.5 Å². The van der Waals surface area contributed by atoms with Gasteiger partial charge in [-0.2, -0.15) is 8.42 Å². The van der Waals surface area contributed by atoms with Gasteiger partial charge in [0.1, 0.15) is 43.7 Å². The minimum atomic E-state index is -1.23. The van der Waals surface area contributed by atoms with E-state index in [4.69, 9.17) is 36.8 Å². The van der Waals surface area contributed by atoms with E-state index in [0.717, 1.165) is 6.92 Å². The average molecular weight is 805 g/mol. The van der Waals surface area contributed by atoms with E-state index < -0.39 is 90.7 Å². The first-order valence-electron chi connectivity index (χ1n) is 14.2. The zero-order valence-corrected chi connectivity index (χ0v) is 32.7. The van der Waals surface area contributed by atoms with E-state index in [-0.39, 0.29) is 56.9 Å². The second kappa shape index (κ2) is 29.3. The van der Waals surface area contributed by atoms with Crippen LogP contribution in [0.4, 0.5) is 0 Å². The molecule has 2 aliphatic heterocycles. The summed E-state index contributed by atoms with van der Waals surface area (Å²) in [5.41, 5.74) is 0. The molecule has 10 atom stereocenters. The molecule has 2 amide bonds. The maximum atomic E-state index is 11.3. The summed E-state index contributed by atoms with van der Waals surface area (Å²) < 4.78 is 46.6. The van der Waals surface area contributed by atoms with Crippen LogP contribution in [-0.2, 0) is 102 Å². The minimum Gasteiger partial charge on any atom is -0.692 e. The quantitative estimate of drug-likeness (QED) is 0.0626. The monoisotopic (exact) mass is 804 g/mol. The van der Waals surface area contributed by atoms with Crippen LogP contribution in [0.25, 0.3) is 0 Å². The molecule has 0 spiro atoms. The number of nitrogens with one attached hydrogen (secondary N) is 2. The summed E-state index contributed by atoms with van der Waals surface area (Å²) in [7, 11) is 0. The molecule has 2 heterocycles. The largest absolute Gasteiger partial charge is 2.00 e. The number of carbonyl (C=O) groups is 6. The third kappa shape index (κ3) is 20.6. The van der Waals surface area contributed by atoms with Gasteiger partial charge in [-0.05, 0) is 0 Å². The zero-order valence-electron chi connectivity index (χ0n) is 28.9. The standard InChI is InChI=1S/2C13H21NO9.Ca.2OS/c1-6-11(14-7(2)15)13(20-9(4)17)21-10(5-19-8(3)16)12(6)22-23-18;1-6-10(5-19-8(3)16)21-13(20-9(4)17)11(14-7(2)15)12(6)22-23-18;;2*1-2/h2*6,10-13,18H,5H2,1-4H3,(H,14,15);;;/q;;+2;;/p-2/t6?,10?,11-,12-,13-;6-,10?,11+,12?,13+;;;/m01.../s1. The fraction of sp³-hybridized carbons (Fsp3) is 0.769. The van der Waals surface area contributed by atoms with Crippen molar-refractivity contribution in [2.45, 2.75) is 104 Å². The molecule has 2 saturated heterocycles. The number of esters is 4. The van der Waals surface area contributed by atoms with E-state index in [1.807, 2.05) is 0 Å². The van der Waals surface area contributed by atoms with E-state index in [9.17, 15) is 39.3 Å². The summed E-state index contributed by atoms with van der Waals surface area (Å²) in [5, 5.41) is 32.8. The van der Waals surface area contributed by atoms with E-state index in [1.165, 1.54) is 34.6 Å². The van der Waals surface area contributed by atoms with Gasteiger partial charge in [0.25, 0.3) is 0 Å². The predicted octanol–water partition coefficient (Wildman–Crippen LogP) is -3.91. The number of carbonyl (C=O) groups excluding carboxylic acids is 6. The Morgan fingerprint density at radius 1 is 0.588 bits per heavy atom. The zero-order chi connectivity index (χ0) is 39.1. The van der Waals surface area contributed by atoms with Gasteiger partial charge in [-0.3, -0.25) is 38.8 Å². The first-order valence-corrected chi connectivity index (χ1v) is 14.9. The van der Waals surface area contributed by atoms with E-state index >= 15 is 0 Å². The van der Waals surface area contributed by atoms with Crippen LogP contribution in [0.1, 0.15) is 55.4 Å². The molecule has 51 heavy (non-hydrogen) atoms. The van der Waals surface area contributed by atoms with Gasteiger partial charge in [0.05, 0.1) is 6.04 Å². The molecular weight excluding hydrogens is 764 g/mol. The van der Waals surface area contributed by atoms with Crippen molar-refractivity contribution in [1.29, 1.82) is 0 Å². The fourth-order valence-electron chi connectivity index (χ4n) is 4.66. The molecule has 0 aromatic rings. The van der Waals surface area contributed by atoms with Crippen molar-refractivity contribution < 1.29 is 96.0 Å². The van der Waals surface area contributed by atoms with Crippen LogP contribution in [-0.4, -0.2) is 144 Å². The molecular formula is C26H40CaN2O20S2. The van der Waals surface area contributed by atoms with Crippen molar-refractivity contribution in [1.82, 2.24) is 10.6 Å². The average Bonchev–Trinajstić information content (AvgIpc) is 3.03. The summed E-state index contributed by atoms with van der Waals surface area (Å²) in [6.45, 7) is 10.2. The normalized spacial score (nSPS) is 27.6. The summed E-state index contributed by atoms with van der Waals surface area (Å²) in [6, 6.07) is -1.74. The van der Waals surface area contributed by atoms with Crippen molar-refractivity contribution in [3.05, 3.63) is 0 Å². The Bertz CT molecular complexity index is 1090. The maximum absolute atomic E-state index is 11.3. The first-order chi connectivity index (χ1) is 23.5. The van der Waals surface area contributed by atoms with Crippen molar-refractivity contribution in [2.75, 3.05) is 13.2 Å². The van der Waals surface area contributed by atoms with Crippen LogP contribution in [0.5, 0.6) is 0 Å². The number of rotatable bonds is 12. The minimum absolute atomic E-state index is 0. The molecule has 288 valence electrons. The van der Waals surface area contributed by atoms with Crippen LogP contribution in [0.3, 0.4) is 0 Å². The molecule has 2 fully saturated rings. The van der Waals surface area contributed by atoms with Gasteiger partial charge in [0.15, 0.2) is 25.1 Å². The third-order valence-electron chi connectivity index (χ3n) is 6.62. The fourth-order valence-corrected chi connectivity index (χ4v) is 4.66. The van der Waals surface area contributed by atoms with Crippen molar-refractivity contribution in [2.24, 2.45) is 11.8 Å². The predicted molar refractivity (Wildman–Crippen MR) is 162 cm³/mol. The SMILES string of the molecule is CC(=O)N[C@H]1C(C)[C@H](OO[O-])C(COC(C)=O)O[C@@H]1OC(C)=O.CC(=O)N[C@H]1C(OO[O-])[C@H](C)C(COC(C)=O)O[C@@H]1OC(C)=O.O=S.O=S.[Ca+2]. The van der Waals surface area contributed by atoms with Crippen LogP contribution in [0.15, 0.2) is 0 Å². The number of hydrogen-bond acceptors (Lipinski definition) is 22. The van der Waals surface area contributed by atoms with E-state index in [2.05, 4.69) is 55.6 Å². The summed E-state index contributed by atoms with van der Waals surface area (Å²) in [6.07, 6.45) is -5.93. The van der Waals surface area contributed by atoms with Crippen molar-refractivity contribution in [3.63, 3.8) is 0 Å². The molecule has 2 N–H and O–H groups in total. The summed E-state index contributed by atoms with van der Waals surface area (Å²) in [5.74, 6) is -4.24. The molecule has 2 aliphatic rings. The number of ether oxygens (including phenoxy) is 6. The topological polar surface area (TPSA) is 299 Å². The second-order valence-corrected chi connectivity index (χ2v) is 10.3. The summed E-state index contributed by atoms with van der Waals surface area (Å²) >= 11 is 5.67. The van der Waals surface area contributed by atoms with Crippen LogP contribution < -0.4 is 21.1 Å². The van der Waals surface area contributed by atoms with Gasteiger partial charge in [0.2, 0.25) is 24.4 Å². The maximum Gasteiger partial charge on any atom is 2.00 e. The smallest absolute Gasteiger partial charge is 0.692 e. The van der Waals surface area contributed by atoms with E-state index in [0.29, 0.717) is 0 Å². The van der Waals surface area contributed by atoms with E-state index in [1.54, 1.807) is 13.8 Å². The molecule has 25 heteroatoms. The summed E-state index contributed by atoms with van der Waals surface area (Å²) in [4.78, 5) is 76.3. The molecule has 0 aromatic heterocycles. The van der Waals surface area contributed by atoms with Gasteiger partial charge in [-0.25, -0.2) is 9.78 Å². The molecule has 22 nitrogen and oxygen atoms in total. The molecule has 0 saturated carbocycles. The molecule has 0 bridgehead atoms. The van der Waals surface area contributed by atoms with Gasteiger partial charge in [0, 0.05) is 53.4 Å². The Kier molecular flexibility index (Phi) is 30.5. The Morgan fingerprint density at radius 2 is 0.961 bits per heavy atom. The first kappa shape index (κ1) is 53.2. The van der Waals surface area contributed by atoms with Gasteiger partial charge in [-0.15, -0.1) is 0 Å². The number of amides is 2. The Balaban J connectivity index is -0.000000808. The van der Waals surface area contributed by atoms with Gasteiger partial charge >= 0.3 is 61.6 Å².